The van der Waals surface area contributed by atoms with Crippen LogP contribution in [0.3, 0.4) is 0 Å². The quantitative estimate of drug-likeness (QED) is 0.248. The van der Waals surface area contributed by atoms with Crippen molar-refractivity contribution in [3.8, 4) is 5.75 Å². The van der Waals surface area contributed by atoms with Gasteiger partial charge in [-0.15, -0.1) is 24.0 Å². The summed E-state index contributed by atoms with van der Waals surface area (Å²) in [5.74, 6) is 0.840. The van der Waals surface area contributed by atoms with Gasteiger partial charge in [-0.3, -0.25) is 4.79 Å². The number of halogens is 1. The van der Waals surface area contributed by atoms with Crippen LogP contribution in [0.5, 0.6) is 5.75 Å². The highest BCUT2D eigenvalue weighted by molar-refractivity contribution is 14.0. The van der Waals surface area contributed by atoms with Crippen molar-refractivity contribution in [2.75, 3.05) is 33.9 Å². The Balaban J connectivity index is 0.00000420. The van der Waals surface area contributed by atoms with Crippen LogP contribution in [0.1, 0.15) is 42.1 Å². The van der Waals surface area contributed by atoms with Crippen LogP contribution < -0.4 is 15.8 Å². The summed E-state index contributed by atoms with van der Waals surface area (Å²) < 4.78 is 10.1. The molecule has 0 radical (unpaired) electrons. The van der Waals surface area contributed by atoms with Gasteiger partial charge in [-0.2, -0.15) is 0 Å². The Labute approximate surface area is 189 Å². The summed E-state index contributed by atoms with van der Waals surface area (Å²) in [5, 5.41) is 3.32. The van der Waals surface area contributed by atoms with Gasteiger partial charge < -0.3 is 25.4 Å². The number of guanidine groups is 1. The standard InChI is InChI=1S/C20H30N4O4.HI/c1-4-22-20(24-9-5-6-15(13-24)11-18(21)25)23-12-14-7-8-16(19(26)28-3)17(10-14)27-2;/h7-8,10,15H,4-6,9,11-13H2,1-3H3,(H2,21,25)(H,22,23);1H. The molecule has 1 saturated heterocycles. The van der Waals surface area contributed by atoms with E-state index in [-0.39, 0.29) is 35.8 Å². The Morgan fingerprint density at radius 3 is 2.72 bits per heavy atom. The molecule has 0 aliphatic carbocycles. The zero-order valence-electron chi connectivity index (χ0n) is 17.3. The number of methoxy groups -OCH3 is 2. The van der Waals surface area contributed by atoms with Crippen molar-refractivity contribution in [3.05, 3.63) is 29.3 Å². The number of carbonyl (C=O) groups excluding carboxylic acids is 2. The van der Waals surface area contributed by atoms with Crippen LogP contribution in [0, 0.1) is 5.92 Å². The van der Waals surface area contributed by atoms with Gasteiger partial charge in [0.05, 0.1) is 20.8 Å². The van der Waals surface area contributed by atoms with Crippen LogP contribution in [0.4, 0.5) is 0 Å². The minimum Gasteiger partial charge on any atom is -0.496 e. The fourth-order valence-corrected chi connectivity index (χ4v) is 3.41. The molecule has 1 heterocycles. The van der Waals surface area contributed by atoms with Gasteiger partial charge in [-0.25, -0.2) is 9.79 Å². The summed E-state index contributed by atoms with van der Waals surface area (Å²) in [6, 6.07) is 5.32. The Hall–Kier alpha value is -2.04. The molecule has 29 heavy (non-hydrogen) atoms. The molecule has 9 heteroatoms. The fourth-order valence-electron chi connectivity index (χ4n) is 3.41. The number of carbonyl (C=O) groups is 2. The number of rotatable bonds is 7. The van der Waals surface area contributed by atoms with Crippen molar-refractivity contribution in [1.82, 2.24) is 10.2 Å². The van der Waals surface area contributed by atoms with Crippen LogP contribution in [0.15, 0.2) is 23.2 Å². The average molecular weight is 518 g/mol. The molecule has 1 aromatic carbocycles. The molecule has 1 aliphatic rings. The van der Waals surface area contributed by atoms with Gasteiger partial charge in [0.15, 0.2) is 5.96 Å². The number of amides is 1. The first-order valence-electron chi connectivity index (χ1n) is 9.55. The molecule has 0 aromatic heterocycles. The molecule has 162 valence electrons. The molecule has 8 nitrogen and oxygen atoms in total. The molecule has 0 bridgehead atoms. The normalized spacial score (nSPS) is 16.6. The number of piperidine rings is 1. The van der Waals surface area contributed by atoms with E-state index in [1.54, 1.807) is 12.1 Å². The third kappa shape index (κ3) is 7.37. The van der Waals surface area contributed by atoms with Crippen molar-refractivity contribution < 1.29 is 19.1 Å². The maximum atomic E-state index is 11.8. The topological polar surface area (TPSA) is 106 Å². The molecular formula is C20H31IN4O4. The highest BCUT2D eigenvalue weighted by Gasteiger charge is 2.23. The molecule has 1 unspecified atom stereocenters. The SMILES string of the molecule is CCNC(=NCc1ccc(C(=O)OC)c(OC)c1)N1CCCC(CC(N)=O)C1.I. The van der Waals surface area contributed by atoms with E-state index < -0.39 is 5.97 Å². The van der Waals surface area contributed by atoms with E-state index in [2.05, 4.69) is 10.2 Å². The summed E-state index contributed by atoms with van der Waals surface area (Å²) in [6.45, 7) is 4.87. The van der Waals surface area contributed by atoms with Crippen molar-refractivity contribution in [3.63, 3.8) is 0 Å². The molecule has 1 aromatic rings. The molecule has 0 saturated carbocycles. The number of primary amides is 1. The van der Waals surface area contributed by atoms with Crippen molar-refractivity contribution in [1.29, 1.82) is 0 Å². The maximum Gasteiger partial charge on any atom is 0.341 e. The lowest BCUT2D eigenvalue weighted by Gasteiger charge is -2.34. The monoisotopic (exact) mass is 518 g/mol. The van der Waals surface area contributed by atoms with Gasteiger partial charge in [-0.1, -0.05) is 6.07 Å². The van der Waals surface area contributed by atoms with Gasteiger partial charge in [0.1, 0.15) is 11.3 Å². The lowest BCUT2D eigenvalue weighted by atomic mass is 9.95. The Morgan fingerprint density at radius 1 is 1.34 bits per heavy atom. The molecule has 1 atom stereocenters. The number of benzene rings is 1. The number of nitrogens with two attached hydrogens (primary N) is 1. The molecule has 1 amide bonds. The zero-order chi connectivity index (χ0) is 20.5. The summed E-state index contributed by atoms with van der Waals surface area (Å²) >= 11 is 0. The lowest BCUT2D eigenvalue weighted by Crippen LogP contribution is -2.47. The van der Waals surface area contributed by atoms with Gasteiger partial charge >= 0.3 is 5.97 Å². The van der Waals surface area contributed by atoms with E-state index in [1.165, 1.54) is 14.2 Å². The molecule has 1 aliphatic heterocycles. The molecular weight excluding hydrogens is 487 g/mol. The smallest absolute Gasteiger partial charge is 0.341 e. The fraction of sp³-hybridized carbons (Fsp3) is 0.550. The van der Waals surface area contributed by atoms with E-state index in [0.717, 1.165) is 44.0 Å². The van der Waals surface area contributed by atoms with Crippen LogP contribution in [-0.4, -0.2) is 56.6 Å². The first-order chi connectivity index (χ1) is 13.5. The Kier molecular flexibility index (Phi) is 10.8. The second-order valence-electron chi connectivity index (χ2n) is 6.82. The predicted molar refractivity (Wildman–Crippen MR) is 123 cm³/mol. The number of ether oxygens (including phenoxy) is 2. The largest absolute Gasteiger partial charge is 0.496 e. The number of likely N-dealkylation sites (tertiary alicyclic amines) is 1. The Bertz CT molecular complexity index is 726. The Morgan fingerprint density at radius 2 is 2.10 bits per heavy atom. The van der Waals surface area contributed by atoms with E-state index in [9.17, 15) is 9.59 Å². The first-order valence-corrected chi connectivity index (χ1v) is 9.55. The van der Waals surface area contributed by atoms with Gasteiger partial charge in [0, 0.05) is 26.1 Å². The summed E-state index contributed by atoms with van der Waals surface area (Å²) in [7, 11) is 2.86. The number of nitrogens with zero attached hydrogens (tertiary/aromatic N) is 2. The van der Waals surface area contributed by atoms with Crippen LogP contribution in [-0.2, 0) is 16.1 Å². The minimum absolute atomic E-state index is 0. The van der Waals surface area contributed by atoms with Crippen molar-refractivity contribution >= 4 is 41.8 Å². The third-order valence-electron chi connectivity index (χ3n) is 4.73. The summed E-state index contributed by atoms with van der Waals surface area (Å²) in [4.78, 5) is 30.0. The molecule has 0 spiro atoms. The molecule has 1 fully saturated rings. The van der Waals surface area contributed by atoms with Crippen LogP contribution in [0.25, 0.3) is 0 Å². The highest BCUT2D eigenvalue weighted by atomic mass is 127. The van der Waals surface area contributed by atoms with E-state index in [0.29, 0.717) is 24.3 Å². The number of nitrogens with one attached hydrogen (secondary N) is 1. The van der Waals surface area contributed by atoms with E-state index in [4.69, 9.17) is 20.2 Å². The molecule has 3 N–H and O–H groups in total. The highest BCUT2D eigenvalue weighted by Crippen LogP contribution is 2.22. The predicted octanol–water partition coefficient (Wildman–Crippen LogP) is 2.15. The van der Waals surface area contributed by atoms with Gasteiger partial charge in [0.2, 0.25) is 5.91 Å². The second kappa shape index (κ2) is 12.5. The van der Waals surface area contributed by atoms with Crippen LogP contribution in [0.2, 0.25) is 0 Å². The summed E-state index contributed by atoms with van der Waals surface area (Å²) in [6.07, 6.45) is 2.41. The first kappa shape index (κ1) is 25.0. The number of hydrogen-bond acceptors (Lipinski definition) is 5. The maximum absolute atomic E-state index is 11.8. The molecule has 2 rings (SSSR count). The minimum atomic E-state index is -0.436. The van der Waals surface area contributed by atoms with Crippen molar-refractivity contribution in [2.45, 2.75) is 32.7 Å². The second-order valence-corrected chi connectivity index (χ2v) is 6.82. The van der Waals surface area contributed by atoms with Gasteiger partial charge in [-0.05, 0) is 43.4 Å². The van der Waals surface area contributed by atoms with E-state index in [1.807, 2.05) is 13.0 Å². The summed E-state index contributed by atoms with van der Waals surface area (Å²) in [5.41, 5.74) is 6.67. The number of esters is 1. The lowest BCUT2D eigenvalue weighted by molar-refractivity contribution is -0.119. The van der Waals surface area contributed by atoms with Crippen LogP contribution >= 0.6 is 24.0 Å². The van der Waals surface area contributed by atoms with Crippen molar-refractivity contribution in [2.24, 2.45) is 16.6 Å². The number of aliphatic imine (C=N–C) groups is 1. The zero-order valence-corrected chi connectivity index (χ0v) is 19.6. The van der Waals surface area contributed by atoms with Gasteiger partial charge in [0.25, 0.3) is 0 Å². The van der Waals surface area contributed by atoms with E-state index >= 15 is 0 Å². The number of hydrogen-bond donors (Lipinski definition) is 2. The third-order valence-corrected chi connectivity index (χ3v) is 4.73. The average Bonchev–Trinajstić information content (AvgIpc) is 2.70.